The molecule has 0 aliphatic rings. The molecule has 3 aromatic carbocycles. The maximum absolute atomic E-state index is 12.5. The van der Waals surface area contributed by atoms with Gasteiger partial charge in [-0.25, -0.2) is 5.48 Å². The Kier molecular flexibility index (Phi) is 7.24. The van der Waals surface area contributed by atoms with E-state index in [0.717, 1.165) is 11.1 Å². The van der Waals surface area contributed by atoms with E-state index in [-0.39, 0.29) is 12.3 Å². The summed E-state index contributed by atoms with van der Waals surface area (Å²) in [5, 5.41) is 12.0. The monoisotopic (exact) mass is 420 g/mol. The highest BCUT2D eigenvalue weighted by atomic mass is 16.5. The lowest BCUT2D eigenvalue weighted by Gasteiger charge is -2.16. The summed E-state index contributed by atoms with van der Waals surface area (Å²) in [5.74, 6) is -0.222. The Morgan fingerprint density at radius 2 is 1.52 bits per heavy atom. The van der Waals surface area contributed by atoms with Crippen LogP contribution in [0.1, 0.15) is 22.6 Å². The predicted molar refractivity (Wildman–Crippen MR) is 117 cm³/mol. The van der Waals surface area contributed by atoms with Crippen LogP contribution in [0.25, 0.3) is 0 Å². The molecule has 3 N–H and O–H groups in total. The number of hydroxylamine groups is 1. The molecule has 2 amide bonds. The van der Waals surface area contributed by atoms with Crippen LogP contribution in [0.3, 0.4) is 0 Å². The highest BCUT2D eigenvalue weighted by Crippen LogP contribution is 2.28. The summed E-state index contributed by atoms with van der Waals surface area (Å²) < 4.78 is 10.5. The van der Waals surface area contributed by atoms with Gasteiger partial charge in [0.2, 0.25) is 5.91 Å². The lowest BCUT2D eigenvalue weighted by molar-refractivity contribution is -0.129. The molecule has 160 valence electrons. The molecule has 31 heavy (non-hydrogen) atoms. The summed E-state index contributed by atoms with van der Waals surface area (Å²) in [6.45, 7) is 0. The molecule has 0 aliphatic heterocycles. The Bertz CT molecular complexity index is 1040. The Hall–Kier alpha value is -3.84. The minimum Gasteiger partial charge on any atom is -0.493 e. The highest BCUT2D eigenvalue weighted by molar-refractivity contribution is 5.92. The first-order chi connectivity index (χ1) is 15.0. The van der Waals surface area contributed by atoms with Crippen LogP contribution in [-0.2, 0) is 16.0 Å². The first kappa shape index (κ1) is 21.9. The molecule has 0 fully saturated rings. The van der Waals surface area contributed by atoms with Gasteiger partial charge < -0.3 is 14.8 Å². The highest BCUT2D eigenvalue weighted by Gasteiger charge is 2.22. The molecule has 0 bridgehead atoms. The van der Waals surface area contributed by atoms with Crippen LogP contribution in [-0.4, -0.2) is 31.2 Å². The summed E-state index contributed by atoms with van der Waals surface area (Å²) in [7, 11) is 3.10. The van der Waals surface area contributed by atoms with Gasteiger partial charge >= 0.3 is 0 Å². The Labute approximate surface area is 180 Å². The number of benzene rings is 3. The zero-order valence-corrected chi connectivity index (χ0v) is 17.3. The van der Waals surface area contributed by atoms with Gasteiger partial charge in [0, 0.05) is 5.69 Å². The number of hydrogen-bond donors (Lipinski definition) is 3. The number of nitrogens with one attached hydrogen (secondary N) is 2. The number of rotatable bonds is 8. The fourth-order valence-electron chi connectivity index (χ4n) is 3.35. The standard InChI is InChI=1S/C24H24N2O5/c1-30-20-13-8-16(14-21(20)31-2)15-22(27)25-19-11-9-18(10-12-19)23(24(28)26-29)17-6-4-3-5-7-17/h3-14,23,29H,15H2,1-2H3,(H,25,27)(H,26,28). The van der Waals surface area contributed by atoms with Crippen molar-refractivity contribution in [1.29, 1.82) is 0 Å². The Morgan fingerprint density at radius 3 is 2.13 bits per heavy atom. The summed E-state index contributed by atoms with van der Waals surface area (Å²) >= 11 is 0. The van der Waals surface area contributed by atoms with Crippen LogP contribution < -0.4 is 20.3 Å². The number of amides is 2. The van der Waals surface area contributed by atoms with Crippen LogP contribution >= 0.6 is 0 Å². The van der Waals surface area contributed by atoms with Crippen molar-refractivity contribution in [2.75, 3.05) is 19.5 Å². The lowest BCUT2D eigenvalue weighted by atomic mass is 9.90. The SMILES string of the molecule is COc1ccc(CC(=O)Nc2ccc(C(C(=O)NO)c3ccccc3)cc2)cc1OC. The number of anilines is 1. The first-order valence-electron chi connectivity index (χ1n) is 9.65. The zero-order valence-electron chi connectivity index (χ0n) is 17.3. The van der Waals surface area contributed by atoms with Crippen LogP contribution in [0.2, 0.25) is 0 Å². The zero-order chi connectivity index (χ0) is 22.2. The summed E-state index contributed by atoms with van der Waals surface area (Å²) in [6, 6.07) is 21.4. The van der Waals surface area contributed by atoms with Gasteiger partial charge in [0.15, 0.2) is 11.5 Å². The van der Waals surface area contributed by atoms with Crippen molar-refractivity contribution in [2.45, 2.75) is 12.3 Å². The maximum atomic E-state index is 12.5. The van der Waals surface area contributed by atoms with Crippen LogP contribution in [0.15, 0.2) is 72.8 Å². The van der Waals surface area contributed by atoms with E-state index in [2.05, 4.69) is 5.32 Å². The molecule has 0 radical (unpaired) electrons. The summed E-state index contributed by atoms with van der Waals surface area (Å²) in [6.07, 6.45) is 0.168. The number of carbonyl (C=O) groups is 2. The minimum atomic E-state index is -0.664. The predicted octanol–water partition coefficient (Wildman–Crippen LogP) is 3.52. The second kappa shape index (κ2) is 10.3. The molecule has 0 saturated heterocycles. The molecule has 0 heterocycles. The molecule has 0 aromatic heterocycles. The number of methoxy groups -OCH3 is 2. The Morgan fingerprint density at radius 1 is 0.871 bits per heavy atom. The molecule has 0 saturated carbocycles. The third kappa shape index (κ3) is 5.40. The van der Waals surface area contributed by atoms with Gasteiger partial charge in [0.25, 0.3) is 5.91 Å². The average Bonchev–Trinajstić information content (AvgIpc) is 2.80. The molecule has 0 spiro atoms. The lowest BCUT2D eigenvalue weighted by Crippen LogP contribution is -2.27. The molecule has 7 nitrogen and oxygen atoms in total. The fraction of sp³-hybridized carbons (Fsp3) is 0.167. The van der Waals surface area contributed by atoms with Crippen molar-refractivity contribution in [3.63, 3.8) is 0 Å². The van der Waals surface area contributed by atoms with E-state index in [0.29, 0.717) is 22.7 Å². The van der Waals surface area contributed by atoms with E-state index in [1.807, 2.05) is 36.4 Å². The largest absolute Gasteiger partial charge is 0.493 e. The van der Waals surface area contributed by atoms with Gasteiger partial charge in [-0.05, 0) is 41.0 Å². The van der Waals surface area contributed by atoms with Gasteiger partial charge in [-0.15, -0.1) is 0 Å². The second-order valence-corrected chi connectivity index (χ2v) is 6.86. The van der Waals surface area contributed by atoms with Gasteiger partial charge in [-0.2, -0.15) is 0 Å². The van der Waals surface area contributed by atoms with E-state index in [1.165, 1.54) is 0 Å². The summed E-state index contributed by atoms with van der Waals surface area (Å²) in [4.78, 5) is 24.7. The van der Waals surface area contributed by atoms with Gasteiger partial charge in [0.1, 0.15) is 0 Å². The molecule has 1 unspecified atom stereocenters. The smallest absolute Gasteiger partial charge is 0.255 e. The van der Waals surface area contributed by atoms with Crippen LogP contribution in [0, 0.1) is 0 Å². The van der Waals surface area contributed by atoms with Gasteiger partial charge in [-0.1, -0.05) is 48.5 Å². The molecule has 0 aliphatic carbocycles. The van der Waals surface area contributed by atoms with Crippen molar-refractivity contribution < 1.29 is 24.3 Å². The van der Waals surface area contributed by atoms with Gasteiger partial charge in [-0.3, -0.25) is 14.8 Å². The molecular formula is C24H24N2O5. The third-order valence-corrected chi connectivity index (χ3v) is 4.85. The van der Waals surface area contributed by atoms with Crippen molar-refractivity contribution in [3.8, 4) is 11.5 Å². The second-order valence-electron chi connectivity index (χ2n) is 6.86. The third-order valence-electron chi connectivity index (χ3n) is 4.85. The fourth-order valence-corrected chi connectivity index (χ4v) is 3.35. The molecule has 3 aromatic rings. The van der Waals surface area contributed by atoms with Crippen LogP contribution in [0.4, 0.5) is 5.69 Å². The Balaban J connectivity index is 1.71. The topological polar surface area (TPSA) is 96.9 Å². The number of hydrogen-bond acceptors (Lipinski definition) is 5. The quantitative estimate of drug-likeness (QED) is 0.383. The van der Waals surface area contributed by atoms with Crippen molar-refractivity contribution in [3.05, 3.63) is 89.5 Å². The molecule has 7 heteroatoms. The average molecular weight is 420 g/mol. The van der Waals surface area contributed by atoms with E-state index < -0.39 is 11.8 Å². The van der Waals surface area contributed by atoms with Crippen LogP contribution in [0.5, 0.6) is 11.5 Å². The van der Waals surface area contributed by atoms with E-state index in [4.69, 9.17) is 14.7 Å². The van der Waals surface area contributed by atoms with Crippen molar-refractivity contribution in [2.24, 2.45) is 0 Å². The van der Waals surface area contributed by atoms with Gasteiger partial charge in [0.05, 0.1) is 26.6 Å². The van der Waals surface area contributed by atoms with E-state index in [9.17, 15) is 9.59 Å². The number of ether oxygens (including phenoxy) is 2. The first-order valence-corrected chi connectivity index (χ1v) is 9.65. The van der Waals surface area contributed by atoms with E-state index >= 15 is 0 Å². The van der Waals surface area contributed by atoms with Crippen molar-refractivity contribution >= 4 is 17.5 Å². The normalized spacial score (nSPS) is 11.3. The molecule has 1 atom stereocenters. The van der Waals surface area contributed by atoms with E-state index in [1.54, 1.807) is 56.1 Å². The molecule has 3 rings (SSSR count). The molecular weight excluding hydrogens is 396 g/mol. The number of carbonyl (C=O) groups excluding carboxylic acids is 2. The maximum Gasteiger partial charge on any atom is 0.255 e. The minimum absolute atomic E-state index is 0.168. The van der Waals surface area contributed by atoms with Crippen molar-refractivity contribution in [1.82, 2.24) is 5.48 Å². The summed E-state index contributed by atoms with van der Waals surface area (Å²) in [5.41, 5.74) is 4.56.